The van der Waals surface area contributed by atoms with Gasteiger partial charge in [-0.3, -0.25) is 14.5 Å². The molecule has 5 nitrogen and oxygen atoms in total. The quantitative estimate of drug-likeness (QED) is 0.273. The second-order valence-electron chi connectivity index (χ2n) is 9.09. The number of aryl methyl sites for hydroxylation is 1. The Bertz CT molecular complexity index is 1240. The number of carbonyl (C=O) groups is 2. The molecule has 1 aliphatic heterocycles. The fourth-order valence-corrected chi connectivity index (χ4v) is 5.18. The van der Waals surface area contributed by atoms with Gasteiger partial charge in [0.05, 0.1) is 6.04 Å². The van der Waals surface area contributed by atoms with Crippen molar-refractivity contribution in [3.8, 4) is 0 Å². The molecule has 3 aromatic carbocycles. The third-order valence-corrected chi connectivity index (χ3v) is 7.06. The Morgan fingerprint density at radius 3 is 2.35 bits per heavy atom. The number of nitrogens with zero attached hydrogens (tertiary/aromatic N) is 1. The van der Waals surface area contributed by atoms with Crippen molar-refractivity contribution in [2.75, 3.05) is 0 Å². The number of halogens is 3. The van der Waals surface area contributed by atoms with Crippen LogP contribution in [0.15, 0.2) is 66.7 Å². The SMILES string of the molecule is CCC[C@H](OC=O)N1C(=O)[C@@H](Cc2ccc(F)cc2)O[C@H](c2ccc(Cl)cc2C)[C@@H]1c1ccc(Cl)cc1. The molecule has 0 N–H and O–H groups in total. The number of amides is 1. The summed E-state index contributed by atoms with van der Waals surface area (Å²) in [6.07, 6.45) is -0.926. The van der Waals surface area contributed by atoms with Gasteiger partial charge in [-0.15, -0.1) is 0 Å². The van der Waals surface area contributed by atoms with Crippen molar-refractivity contribution in [3.63, 3.8) is 0 Å². The summed E-state index contributed by atoms with van der Waals surface area (Å²) in [5.41, 5.74) is 3.29. The minimum atomic E-state index is -0.885. The number of rotatable bonds is 9. The first kappa shape index (κ1) is 27.1. The summed E-state index contributed by atoms with van der Waals surface area (Å²) in [5, 5.41) is 1.14. The zero-order valence-electron chi connectivity index (χ0n) is 20.6. The third-order valence-electron chi connectivity index (χ3n) is 6.57. The molecule has 0 aromatic heterocycles. The average Bonchev–Trinajstić information content (AvgIpc) is 2.87. The van der Waals surface area contributed by atoms with E-state index in [-0.39, 0.29) is 18.1 Å². The Morgan fingerprint density at radius 2 is 1.73 bits per heavy atom. The molecule has 194 valence electrons. The zero-order chi connectivity index (χ0) is 26.5. The van der Waals surface area contributed by atoms with E-state index in [9.17, 15) is 14.0 Å². The first-order chi connectivity index (χ1) is 17.8. The van der Waals surface area contributed by atoms with Crippen LogP contribution in [0.25, 0.3) is 0 Å². The monoisotopic (exact) mass is 543 g/mol. The van der Waals surface area contributed by atoms with Crippen molar-refractivity contribution in [2.45, 2.75) is 57.6 Å². The largest absolute Gasteiger partial charge is 0.444 e. The van der Waals surface area contributed by atoms with Crippen molar-refractivity contribution >= 4 is 35.6 Å². The van der Waals surface area contributed by atoms with Crippen LogP contribution in [0, 0.1) is 12.7 Å². The average molecular weight is 544 g/mol. The van der Waals surface area contributed by atoms with Crippen LogP contribution in [0.5, 0.6) is 0 Å². The maximum Gasteiger partial charge on any atom is 0.295 e. The normalized spacial score (nSPS) is 20.5. The molecule has 0 saturated carbocycles. The molecule has 4 rings (SSSR count). The van der Waals surface area contributed by atoms with Gasteiger partial charge in [0.15, 0.2) is 6.23 Å². The van der Waals surface area contributed by atoms with E-state index in [4.69, 9.17) is 32.7 Å². The van der Waals surface area contributed by atoms with Crippen LogP contribution in [-0.2, 0) is 25.5 Å². The Balaban J connectivity index is 1.86. The van der Waals surface area contributed by atoms with Gasteiger partial charge in [-0.1, -0.05) is 66.9 Å². The van der Waals surface area contributed by atoms with Gasteiger partial charge in [-0.05, 0) is 65.6 Å². The summed E-state index contributed by atoms with van der Waals surface area (Å²) in [6, 6.07) is 18.1. The first-order valence-electron chi connectivity index (χ1n) is 12.1. The smallest absolute Gasteiger partial charge is 0.295 e. The second-order valence-corrected chi connectivity index (χ2v) is 9.97. The van der Waals surface area contributed by atoms with Crippen LogP contribution in [0.2, 0.25) is 10.0 Å². The molecule has 0 spiro atoms. The van der Waals surface area contributed by atoms with Gasteiger partial charge in [-0.2, -0.15) is 0 Å². The molecule has 1 fully saturated rings. The predicted molar refractivity (Wildman–Crippen MR) is 141 cm³/mol. The number of morpholine rings is 1. The van der Waals surface area contributed by atoms with Crippen LogP contribution < -0.4 is 0 Å². The number of benzene rings is 3. The van der Waals surface area contributed by atoms with E-state index in [0.717, 1.165) is 22.3 Å². The summed E-state index contributed by atoms with van der Waals surface area (Å²) < 4.78 is 25.6. The summed E-state index contributed by atoms with van der Waals surface area (Å²) in [6.45, 7) is 4.27. The topological polar surface area (TPSA) is 55.8 Å². The van der Waals surface area contributed by atoms with Crippen LogP contribution >= 0.6 is 23.2 Å². The highest BCUT2D eigenvalue weighted by molar-refractivity contribution is 6.30. The van der Waals surface area contributed by atoms with E-state index < -0.39 is 24.5 Å². The van der Waals surface area contributed by atoms with Crippen LogP contribution in [0.3, 0.4) is 0 Å². The first-order valence-corrected chi connectivity index (χ1v) is 12.9. The van der Waals surface area contributed by atoms with Crippen LogP contribution in [0.1, 0.15) is 54.2 Å². The molecule has 1 heterocycles. The number of hydrogen-bond acceptors (Lipinski definition) is 4. The molecule has 1 saturated heterocycles. The summed E-state index contributed by atoms with van der Waals surface area (Å²) in [7, 11) is 0. The molecule has 0 unspecified atom stereocenters. The van der Waals surface area contributed by atoms with Crippen molar-refractivity contribution in [1.29, 1.82) is 0 Å². The van der Waals surface area contributed by atoms with Gasteiger partial charge in [0.25, 0.3) is 12.4 Å². The fraction of sp³-hybridized carbons (Fsp3) is 0.310. The van der Waals surface area contributed by atoms with E-state index in [1.807, 2.05) is 38.1 Å². The summed E-state index contributed by atoms with van der Waals surface area (Å²) >= 11 is 12.4. The van der Waals surface area contributed by atoms with Crippen molar-refractivity contribution in [2.24, 2.45) is 0 Å². The van der Waals surface area contributed by atoms with Crippen LogP contribution in [0.4, 0.5) is 4.39 Å². The fourth-order valence-electron chi connectivity index (χ4n) is 4.83. The molecular weight excluding hydrogens is 516 g/mol. The van der Waals surface area contributed by atoms with Crippen molar-refractivity contribution in [1.82, 2.24) is 4.90 Å². The molecule has 1 aliphatic rings. The second kappa shape index (κ2) is 12.1. The number of hydrogen-bond donors (Lipinski definition) is 0. The minimum Gasteiger partial charge on any atom is -0.444 e. The molecule has 0 aliphatic carbocycles. The maximum absolute atomic E-state index is 14.0. The van der Waals surface area contributed by atoms with E-state index in [1.54, 1.807) is 35.2 Å². The minimum absolute atomic E-state index is 0.228. The van der Waals surface area contributed by atoms with Crippen LogP contribution in [-0.4, -0.2) is 29.6 Å². The highest BCUT2D eigenvalue weighted by Gasteiger charge is 2.47. The van der Waals surface area contributed by atoms with Gasteiger partial charge >= 0.3 is 0 Å². The highest BCUT2D eigenvalue weighted by atomic mass is 35.5. The standard InChI is InChI=1S/C29H28Cl2FNO4/c1-3-4-26(36-17-34)33-27(20-7-9-21(30)10-8-20)28(24-14-11-22(31)15-18(24)2)37-25(29(33)35)16-19-5-12-23(32)13-6-19/h5-15,17,25-28H,3-4,16H2,1-2H3/t25-,26+,27+,28-/m1/s1. The van der Waals surface area contributed by atoms with Gasteiger partial charge in [0.1, 0.15) is 18.0 Å². The van der Waals surface area contributed by atoms with Gasteiger partial charge in [-0.25, -0.2) is 4.39 Å². The number of carbonyl (C=O) groups excluding carboxylic acids is 2. The molecule has 3 aromatic rings. The van der Waals surface area contributed by atoms with E-state index >= 15 is 0 Å². The van der Waals surface area contributed by atoms with E-state index in [1.165, 1.54) is 12.1 Å². The van der Waals surface area contributed by atoms with E-state index in [0.29, 0.717) is 29.4 Å². The summed E-state index contributed by atoms with van der Waals surface area (Å²) in [5.74, 6) is -0.673. The lowest BCUT2D eigenvalue weighted by Crippen LogP contribution is -2.56. The highest BCUT2D eigenvalue weighted by Crippen LogP contribution is 2.45. The molecule has 0 bridgehead atoms. The lowest BCUT2D eigenvalue weighted by atomic mass is 9.88. The molecule has 37 heavy (non-hydrogen) atoms. The predicted octanol–water partition coefficient (Wildman–Crippen LogP) is 6.99. The zero-order valence-corrected chi connectivity index (χ0v) is 22.1. The third kappa shape index (κ3) is 6.15. The summed E-state index contributed by atoms with van der Waals surface area (Å²) in [4.78, 5) is 27.2. The lowest BCUT2D eigenvalue weighted by molar-refractivity contribution is -0.198. The Morgan fingerprint density at radius 1 is 1.05 bits per heavy atom. The molecule has 8 heteroatoms. The van der Waals surface area contributed by atoms with E-state index in [2.05, 4.69) is 0 Å². The van der Waals surface area contributed by atoms with Crippen molar-refractivity contribution in [3.05, 3.63) is 105 Å². The number of ether oxygens (including phenoxy) is 2. The molecule has 4 atom stereocenters. The maximum atomic E-state index is 14.0. The molecule has 0 radical (unpaired) electrons. The Hall–Kier alpha value is -2.93. The Labute approximate surface area is 226 Å². The molecule has 1 amide bonds. The van der Waals surface area contributed by atoms with Gasteiger partial charge in [0.2, 0.25) is 0 Å². The Kier molecular flexibility index (Phi) is 8.85. The van der Waals surface area contributed by atoms with Gasteiger partial charge < -0.3 is 9.47 Å². The molecular formula is C29H28Cl2FNO4. The lowest BCUT2D eigenvalue weighted by Gasteiger charge is -2.47. The van der Waals surface area contributed by atoms with Gasteiger partial charge in [0, 0.05) is 22.9 Å². The van der Waals surface area contributed by atoms with Crippen molar-refractivity contribution < 1.29 is 23.5 Å².